The highest BCUT2D eigenvalue weighted by atomic mass is 16.1. The Morgan fingerprint density at radius 1 is 1.14 bits per heavy atom. The molecule has 0 atom stereocenters. The molecule has 0 unspecified atom stereocenters. The third-order valence-electron chi connectivity index (χ3n) is 3.43. The Kier molecular flexibility index (Phi) is 4.53. The van der Waals surface area contributed by atoms with Crippen molar-refractivity contribution >= 4 is 17.9 Å². The number of anilines is 1. The molecule has 0 saturated carbocycles. The lowest BCUT2D eigenvalue weighted by atomic mass is 9.97. The summed E-state index contributed by atoms with van der Waals surface area (Å²) in [6.45, 7) is 6.33. The zero-order chi connectivity index (χ0) is 15.4. The van der Waals surface area contributed by atoms with Gasteiger partial charge in [-0.25, -0.2) is 0 Å². The Morgan fingerprint density at radius 3 is 2.52 bits per heavy atom. The van der Waals surface area contributed by atoms with Crippen LogP contribution in [0.1, 0.15) is 51.6 Å². The normalized spacial score (nSPS) is 10.5. The van der Waals surface area contributed by atoms with Crippen LogP contribution < -0.4 is 5.32 Å². The number of carbonyl (C=O) groups is 2. The zero-order valence-corrected chi connectivity index (χ0v) is 12.5. The van der Waals surface area contributed by atoms with E-state index in [-0.39, 0.29) is 5.91 Å². The Balaban J connectivity index is 2.19. The van der Waals surface area contributed by atoms with E-state index >= 15 is 0 Å². The number of aryl methyl sites for hydroxylation is 1. The maximum atomic E-state index is 12.2. The molecule has 2 aromatic rings. The summed E-state index contributed by atoms with van der Waals surface area (Å²) in [5, 5.41) is 2.86. The van der Waals surface area contributed by atoms with Crippen LogP contribution in [-0.2, 0) is 0 Å². The minimum Gasteiger partial charge on any atom is -0.322 e. The molecule has 0 aromatic heterocycles. The number of hydrogen-bond donors (Lipinski definition) is 1. The Bertz CT molecular complexity index is 675. The average Bonchev–Trinajstić information content (AvgIpc) is 2.47. The van der Waals surface area contributed by atoms with E-state index < -0.39 is 0 Å². The second-order valence-corrected chi connectivity index (χ2v) is 5.42. The topological polar surface area (TPSA) is 46.2 Å². The first-order chi connectivity index (χ1) is 10.0. The van der Waals surface area contributed by atoms with E-state index in [9.17, 15) is 9.59 Å². The van der Waals surface area contributed by atoms with Crippen molar-refractivity contribution in [1.29, 1.82) is 0 Å². The first kappa shape index (κ1) is 15.0. The fourth-order valence-electron chi connectivity index (χ4n) is 2.36. The second kappa shape index (κ2) is 6.35. The summed E-state index contributed by atoms with van der Waals surface area (Å²) >= 11 is 0. The first-order valence-electron chi connectivity index (χ1n) is 6.98. The molecule has 3 heteroatoms. The van der Waals surface area contributed by atoms with E-state index in [1.54, 1.807) is 24.3 Å². The molecule has 0 aliphatic rings. The molecule has 0 saturated heterocycles. The lowest BCUT2D eigenvalue weighted by Crippen LogP contribution is -2.12. The van der Waals surface area contributed by atoms with Crippen LogP contribution in [-0.4, -0.2) is 12.2 Å². The van der Waals surface area contributed by atoms with Crippen LogP contribution >= 0.6 is 0 Å². The molecule has 0 fully saturated rings. The summed E-state index contributed by atoms with van der Waals surface area (Å²) in [4.78, 5) is 22.9. The van der Waals surface area contributed by atoms with E-state index in [0.717, 1.165) is 17.5 Å². The van der Waals surface area contributed by atoms with Gasteiger partial charge in [0, 0.05) is 16.8 Å². The molecule has 21 heavy (non-hydrogen) atoms. The molecule has 2 aromatic carbocycles. The van der Waals surface area contributed by atoms with Gasteiger partial charge in [-0.3, -0.25) is 9.59 Å². The van der Waals surface area contributed by atoms with Gasteiger partial charge in [-0.15, -0.1) is 0 Å². The second-order valence-electron chi connectivity index (χ2n) is 5.42. The fourth-order valence-corrected chi connectivity index (χ4v) is 2.36. The molecule has 0 radical (unpaired) electrons. The molecule has 0 spiro atoms. The van der Waals surface area contributed by atoms with Gasteiger partial charge in [-0.05, 0) is 48.2 Å². The zero-order valence-electron chi connectivity index (χ0n) is 12.5. The number of rotatable bonds is 4. The van der Waals surface area contributed by atoms with Gasteiger partial charge in [0.15, 0.2) is 0 Å². The highest BCUT2D eigenvalue weighted by Crippen LogP contribution is 2.22. The number of carbonyl (C=O) groups excluding carboxylic acids is 2. The van der Waals surface area contributed by atoms with Crippen molar-refractivity contribution in [3.8, 4) is 0 Å². The SMILES string of the molecule is Cc1cc(NC(=O)c2cccc(C=O)c2)ccc1C(C)C. The Labute approximate surface area is 125 Å². The fraction of sp³-hybridized carbons (Fsp3) is 0.222. The van der Waals surface area contributed by atoms with Crippen molar-refractivity contribution in [3.05, 3.63) is 64.7 Å². The summed E-state index contributed by atoms with van der Waals surface area (Å²) < 4.78 is 0. The van der Waals surface area contributed by atoms with Gasteiger partial charge in [0.25, 0.3) is 5.91 Å². The summed E-state index contributed by atoms with van der Waals surface area (Å²) in [7, 11) is 0. The van der Waals surface area contributed by atoms with Crippen molar-refractivity contribution in [1.82, 2.24) is 0 Å². The van der Waals surface area contributed by atoms with E-state index in [1.165, 1.54) is 5.56 Å². The van der Waals surface area contributed by atoms with Crippen LogP contribution in [0.2, 0.25) is 0 Å². The Morgan fingerprint density at radius 2 is 1.90 bits per heavy atom. The smallest absolute Gasteiger partial charge is 0.255 e. The molecule has 0 bridgehead atoms. The van der Waals surface area contributed by atoms with E-state index in [2.05, 4.69) is 19.2 Å². The average molecular weight is 281 g/mol. The van der Waals surface area contributed by atoms with Gasteiger partial charge in [0.05, 0.1) is 0 Å². The number of benzene rings is 2. The summed E-state index contributed by atoms with van der Waals surface area (Å²) in [5.74, 6) is 0.245. The molecule has 0 aliphatic heterocycles. The molecule has 2 rings (SSSR count). The van der Waals surface area contributed by atoms with Crippen molar-refractivity contribution in [2.75, 3.05) is 5.32 Å². The van der Waals surface area contributed by atoms with Crippen LogP contribution in [0.15, 0.2) is 42.5 Å². The maximum absolute atomic E-state index is 12.2. The summed E-state index contributed by atoms with van der Waals surface area (Å²) in [6.07, 6.45) is 0.734. The molecule has 0 aliphatic carbocycles. The minimum absolute atomic E-state index is 0.213. The predicted molar refractivity (Wildman–Crippen MR) is 85.1 cm³/mol. The Hall–Kier alpha value is -2.42. The van der Waals surface area contributed by atoms with Gasteiger partial charge in [-0.2, -0.15) is 0 Å². The van der Waals surface area contributed by atoms with Crippen LogP contribution in [0, 0.1) is 6.92 Å². The number of nitrogens with one attached hydrogen (secondary N) is 1. The van der Waals surface area contributed by atoms with Crippen molar-refractivity contribution in [2.45, 2.75) is 26.7 Å². The molecule has 1 N–H and O–H groups in total. The minimum atomic E-state index is -0.213. The van der Waals surface area contributed by atoms with Crippen LogP contribution in [0.25, 0.3) is 0 Å². The van der Waals surface area contributed by atoms with Crippen LogP contribution in [0.3, 0.4) is 0 Å². The van der Waals surface area contributed by atoms with Crippen molar-refractivity contribution in [2.24, 2.45) is 0 Å². The third-order valence-corrected chi connectivity index (χ3v) is 3.43. The van der Waals surface area contributed by atoms with E-state index in [4.69, 9.17) is 0 Å². The highest BCUT2D eigenvalue weighted by Gasteiger charge is 2.09. The van der Waals surface area contributed by atoms with E-state index in [1.807, 2.05) is 25.1 Å². The maximum Gasteiger partial charge on any atom is 0.255 e. The van der Waals surface area contributed by atoms with Crippen LogP contribution in [0.5, 0.6) is 0 Å². The summed E-state index contributed by atoms with van der Waals surface area (Å²) in [6, 6.07) is 12.6. The molecular weight excluding hydrogens is 262 g/mol. The molecule has 0 heterocycles. The number of hydrogen-bond acceptors (Lipinski definition) is 2. The van der Waals surface area contributed by atoms with Gasteiger partial charge in [0.1, 0.15) is 6.29 Å². The summed E-state index contributed by atoms with van der Waals surface area (Å²) in [5.41, 5.74) is 4.16. The van der Waals surface area contributed by atoms with Gasteiger partial charge < -0.3 is 5.32 Å². The predicted octanol–water partition coefficient (Wildman–Crippen LogP) is 4.18. The van der Waals surface area contributed by atoms with E-state index in [0.29, 0.717) is 17.0 Å². The van der Waals surface area contributed by atoms with Crippen LogP contribution in [0.4, 0.5) is 5.69 Å². The van der Waals surface area contributed by atoms with Gasteiger partial charge in [-0.1, -0.05) is 32.0 Å². The number of aldehydes is 1. The molecule has 1 amide bonds. The van der Waals surface area contributed by atoms with Crippen molar-refractivity contribution in [3.63, 3.8) is 0 Å². The monoisotopic (exact) mass is 281 g/mol. The molecule has 3 nitrogen and oxygen atoms in total. The quantitative estimate of drug-likeness (QED) is 0.854. The number of amides is 1. The van der Waals surface area contributed by atoms with Gasteiger partial charge >= 0.3 is 0 Å². The largest absolute Gasteiger partial charge is 0.322 e. The molecule has 108 valence electrons. The molecular formula is C18H19NO2. The standard InChI is InChI=1S/C18H19NO2/c1-12(2)17-8-7-16(9-13(17)3)19-18(21)15-6-4-5-14(10-15)11-20/h4-12H,1-3H3,(H,19,21). The lowest BCUT2D eigenvalue weighted by molar-refractivity contribution is 0.102. The lowest BCUT2D eigenvalue weighted by Gasteiger charge is -2.12. The third kappa shape index (κ3) is 3.57. The van der Waals surface area contributed by atoms with Crippen molar-refractivity contribution < 1.29 is 9.59 Å². The highest BCUT2D eigenvalue weighted by molar-refractivity contribution is 6.05. The first-order valence-corrected chi connectivity index (χ1v) is 6.98. The van der Waals surface area contributed by atoms with Gasteiger partial charge in [0.2, 0.25) is 0 Å².